The Balaban J connectivity index is 1.85. The minimum absolute atomic E-state index is 0.0110. The van der Waals surface area contributed by atoms with E-state index in [0.717, 1.165) is 33.4 Å². The number of carbonyl (C=O) groups is 1. The molecule has 3 aromatic carbocycles. The molecule has 2 atom stereocenters. The third-order valence-electron chi connectivity index (χ3n) is 6.26. The van der Waals surface area contributed by atoms with Crippen molar-refractivity contribution in [3.63, 3.8) is 0 Å². The van der Waals surface area contributed by atoms with Gasteiger partial charge in [0.05, 0.1) is 26.2 Å². The molecule has 0 amide bonds. The van der Waals surface area contributed by atoms with E-state index < -0.39 is 6.10 Å². The summed E-state index contributed by atoms with van der Waals surface area (Å²) in [6.07, 6.45) is -1.20. The van der Waals surface area contributed by atoms with E-state index in [0.29, 0.717) is 24.7 Å². The topological polar surface area (TPSA) is 94.5 Å². The van der Waals surface area contributed by atoms with E-state index in [1.54, 1.807) is 0 Å². The number of esters is 1. The Bertz CT molecular complexity index is 1140. The second kappa shape index (κ2) is 13.8. The average molecular weight is 509 g/mol. The van der Waals surface area contributed by atoms with Crippen LogP contribution in [0.5, 0.6) is 11.5 Å². The van der Waals surface area contributed by atoms with Crippen LogP contribution < -0.4 is 9.47 Å². The molecule has 3 rings (SSSR count). The molecule has 0 heterocycles. The maximum Gasteiger partial charge on any atom is 0.308 e. The van der Waals surface area contributed by atoms with Crippen molar-refractivity contribution < 1.29 is 34.0 Å². The van der Waals surface area contributed by atoms with Gasteiger partial charge in [0.1, 0.15) is 30.8 Å². The summed E-state index contributed by atoms with van der Waals surface area (Å²) in [7, 11) is 1.37. The van der Waals surface area contributed by atoms with Crippen LogP contribution in [-0.2, 0) is 20.9 Å². The zero-order chi connectivity index (χ0) is 26.8. The van der Waals surface area contributed by atoms with Crippen molar-refractivity contribution in [3.8, 4) is 22.6 Å². The number of aliphatic hydroxyl groups is 2. The van der Waals surface area contributed by atoms with Crippen LogP contribution in [-0.4, -0.2) is 49.2 Å². The van der Waals surface area contributed by atoms with Crippen LogP contribution in [0.15, 0.2) is 60.7 Å². The summed E-state index contributed by atoms with van der Waals surface area (Å²) in [5, 5.41) is 19.0. The van der Waals surface area contributed by atoms with Gasteiger partial charge in [-0.1, -0.05) is 42.5 Å². The first-order chi connectivity index (χ1) is 17.9. The third kappa shape index (κ3) is 7.55. The fraction of sp³-hybridized carbons (Fsp3) is 0.367. The fourth-order valence-corrected chi connectivity index (χ4v) is 4.11. The van der Waals surface area contributed by atoms with Crippen molar-refractivity contribution in [1.29, 1.82) is 0 Å². The molecule has 0 aliphatic carbocycles. The van der Waals surface area contributed by atoms with Gasteiger partial charge in [-0.15, -0.1) is 0 Å². The summed E-state index contributed by atoms with van der Waals surface area (Å²) >= 11 is 0. The highest BCUT2D eigenvalue weighted by atomic mass is 16.5. The first-order valence-electron chi connectivity index (χ1n) is 12.4. The van der Waals surface area contributed by atoms with E-state index in [-0.39, 0.29) is 31.7 Å². The van der Waals surface area contributed by atoms with E-state index in [2.05, 4.69) is 6.92 Å². The number of carbonyl (C=O) groups excluding carboxylic acids is 1. The van der Waals surface area contributed by atoms with Gasteiger partial charge < -0.3 is 29.2 Å². The Morgan fingerprint density at radius 3 is 2.30 bits per heavy atom. The quantitative estimate of drug-likeness (QED) is 0.317. The number of hydrogen-bond acceptors (Lipinski definition) is 7. The Labute approximate surface area is 218 Å². The average Bonchev–Trinajstić information content (AvgIpc) is 2.92. The zero-order valence-corrected chi connectivity index (χ0v) is 21.9. The second-order valence-corrected chi connectivity index (χ2v) is 8.75. The summed E-state index contributed by atoms with van der Waals surface area (Å²) in [4.78, 5) is 11.8. The Morgan fingerprint density at radius 1 is 0.973 bits per heavy atom. The van der Waals surface area contributed by atoms with E-state index in [9.17, 15) is 15.0 Å². The van der Waals surface area contributed by atoms with E-state index in [1.165, 1.54) is 7.11 Å². The highest BCUT2D eigenvalue weighted by Crippen LogP contribution is 2.35. The van der Waals surface area contributed by atoms with Crippen LogP contribution in [0, 0.1) is 13.8 Å². The van der Waals surface area contributed by atoms with Crippen molar-refractivity contribution >= 4 is 5.97 Å². The zero-order valence-electron chi connectivity index (χ0n) is 21.9. The van der Waals surface area contributed by atoms with Crippen molar-refractivity contribution in [2.75, 3.05) is 26.9 Å². The molecule has 0 spiro atoms. The number of ether oxygens (including phenoxy) is 4. The molecule has 0 radical (unpaired) electrons. The van der Waals surface area contributed by atoms with Crippen molar-refractivity contribution in [3.05, 3.63) is 82.9 Å². The molecule has 37 heavy (non-hydrogen) atoms. The van der Waals surface area contributed by atoms with Crippen LogP contribution in [0.25, 0.3) is 11.1 Å². The minimum Gasteiger partial charge on any atom is -0.490 e. The van der Waals surface area contributed by atoms with Crippen molar-refractivity contribution in [1.82, 2.24) is 0 Å². The van der Waals surface area contributed by atoms with Crippen LogP contribution in [0.3, 0.4) is 0 Å². The Morgan fingerprint density at radius 2 is 1.68 bits per heavy atom. The Kier molecular flexibility index (Phi) is 10.5. The molecule has 0 fully saturated rings. The lowest BCUT2D eigenvalue weighted by Crippen LogP contribution is -2.21. The molecular formula is C30H36O7. The van der Waals surface area contributed by atoms with Crippen LogP contribution in [0.2, 0.25) is 0 Å². The fourth-order valence-electron chi connectivity index (χ4n) is 4.11. The second-order valence-electron chi connectivity index (χ2n) is 8.75. The smallest absolute Gasteiger partial charge is 0.308 e. The van der Waals surface area contributed by atoms with Gasteiger partial charge in [0.15, 0.2) is 0 Å². The predicted molar refractivity (Wildman–Crippen MR) is 142 cm³/mol. The van der Waals surface area contributed by atoms with Crippen molar-refractivity contribution in [2.45, 2.75) is 46.0 Å². The van der Waals surface area contributed by atoms with Crippen LogP contribution >= 0.6 is 0 Å². The standard InChI is InChI=1S/C30H36O7/c1-5-35-29(16-30(33)34-4)23-11-13-25(14-12-23)36-19-27-20(2)26(22-9-7-6-8-10-22)15-28(21(27)3)37-18-24(32)17-31/h6-15,24,29,31-32H,5,16-19H2,1-4H3/t24-,29-/m0/s1. The number of methoxy groups -OCH3 is 1. The molecule has 7 heteroatoms. The molecule has 0 aromatic heterocycles. The van der Waals surface area contributed by atoms with Gasteiger partial charge in [-0.25, -0.2) is 0 Å². The number of rotatable bonds is 13. The molecule has 0 aliphatic heterocycles. The molecular weight excluding hydrogens is 472 g/mol. The largest absolute Gasteiger partial charge is 0.490 e. The molecule has 0 unspecified atom stereocenters. The third-order valence-corrected chi connectivity index (χ3v) is 6.26. The van der Waals surface area contributed by atoms with Gasteiger partial charge in [-0.3, -0.25) is 4.79 Å². The highest BCUT2D eigenvalue weighted by molar-refractivity contribution is 5.72. The molecule has 0 aliphatic rings. The van der Waals surface area contributed by atoms with Gasteiger partial charge >= 0.3 is 5.97 Å². The molecule has 3 aromatic rings. The summed E-state index contributed by atoms with van der Waals surface area (Å²) < 4.78 is 22.6. The molecule has 198 valence electrons. The molecule has 7 nitrogen and oxygen atoms in total. The monoisotopic (exact) mass is 508 g/mol. The lowest BCUT2D eigenvalue weighted by atomic mass is 9.92. The molecule has 0 saturated carbocycles. The van der Waals surface area contributed by atoms with Gasteiger partial charge in [0, 0.05) is 6.61 Å². The molecule has 2 N–H and O–H groups in total. The first-order valence-corrected chi connectivity index (χ1v) is 12.4. The minimum atomic E-state index is -0.959. The molecule has 0 bridgehead atoms. The first kappa shape index (κ1) is 28.2. The van der Waals surface area contributed by atoms with E-state index in [1.807, 2.05) is 74.5 Å². The number of benzene rings is 3. The van der Waals surface area contributed by atoms with E-state index in [4.69, 9.17) is 18.9 Å². The Hall–Kier alpha value is -3.39. The summed E-state index contributed by atoms with van der Waals surface area (Å²) in [6.45, 7) is 6.32. The highest BCUT2D eigenvalue weighted by Gasteiger charge is 2.18. The van der Waals surface area contributed by atoms with Gasteiger partial charge in [-0.2, -0.15) is 0 Å². The van der Waals surface area contributed by atoms with Crippen LogP contribution in [0.1, 0.15) is 41.7 Å². The molecule has 0 saturated heterocycles. The maximum absolute atomic E-state index is 11.8. The SMILES string of the molecule is CCO[C@@H](CC(=O)OC)c1ccc(OCc2c(C)c(OC[C@@H](O)CO)cc(-c3ccccc3)c2C)cc1. The van der Waals surface area contributed by atoms with Gasteiger partial charge in [-0.05, 0) is 72.4 Å². The summed E-state index contributed by atoms with van der Waals surface area (Å²) in [5.41, 5.74) is 5.90. The lowest BCUT2D eigenvalue weighted by Gasteiger charge is -2.21. The predicted octanol–water partition coefficient (Wildman–Crippen LogP) is 4.92. The van der Waals surface area contributed by atoms with E-state index >= 15 is 0 Å². The normalized spacial score (nSPS) is 12.6. The summed E-state index contributed by atoms with van der Waals surface area (Å²) in [6, 6.07) is 19.5. The van der Waals surface area contributed by atoms with Gasteiger partial charge in [0.25, 0.3) is 0 Å². The van der Waals surface area contributed by atoms with Gasteiger partial charge in [0.2, 0.25) is 0 Å². The van der Waals surface area contributed by atoms with Crippen LogP contribution in [0.4, 0.5) is 0 Å². The van der Waals surface area contributed by atoms with Crippen molar-refractivity contribution in [2.24, 2.45) is 0 Å². The maximum atomic E-state index is 11.8. The lowest BCUT2D eigenvalue weighted by molar-refractivity contribution is -0.143. The number of hydrogen-bond donors (Lipinski definition) is 2. The summed E-state index contributed by atoms with van der Waals surface area (Å²) in [5.74, 6) is 0.986. The number of aliphatic hydroxyl groups excluding tert-OH is 2.